The Balaban J connectivity index is 1.65. The van der Waals surface area contributed by atoms with Crippen LogP contribution in [-0.2, 0) is 21.7 Å². The zero-order valence-corrected chi connectivity index (χ0v) is 19.1. The van der Waals surface area contributed by atoms with Gasteiger partial charge in [0.15, 0.2) is 0 Å². The molecule has 8 heteroatoms. The molecule has 4 N–H and O–H groups in total. The summed E-state index contributed by atoms with van der Waals surface area (Å²) < 4.78 is 24.6. The molecule has 5 atom stereocenters. The van der Waals surface area contributed by atoms with Crippen LogP contribution in [0.2, 0.25) is 0 Å². The Kier molecular flexibility index (Phi) is 6.97. The van der Waals surface area contributed by atoms with E-state index >= 15 is 0 Å². The molecule has 4 rings (SSSR count). The first kappa shape index (κ1) is 24.0. The largest absolute Gasteiger partial charge is 0.394 e. The third-order valence-electron chi connectivity index (χ3n) is 6.16. The van der Waals surface area contributed by atoms with Crippen LogP contribution in [0, 0.1) is 12.7 Å². The molecule has 2 heterocycles. The van der Waals surface area contributed by atoms with Gasteiger partial charge >= 0.3 is 0 Å². The number of methoxy groups -OCH3 is 1. The molecule has 1 aliphatic rings. The smallest absolute Gasteiger partial charge is 0.224 e. The molecule has 0 aliphatic carbocycles. The summed E-state index contributed by atoms with van der Waals surface area (Å²) in [6, 6.07) is 15.9. The lowest BCUT2D eigenvalue weighted by molar-refractivity contribution is -0.366. The number of ether oxygens (including phenoxy) is 2. The second-order valence-electron chi connectivity index (χ2n) is 8.23. The highest BCUT2D eigenvalue weighted by atomic mass is 32.1. The maximum absolute atomic E-state index is 13.2. The van der Waals surface area contributed by atoms with Gasteiger partial charge in [-0.1, -0.05) is 24.3 Å². The molecule has 0 amide bonds. The normalized spacial score (nSPS) is 27.6. The fourth-order valence-corrected chi connectivity index (χ4v) is 5.21. The van der Waals surface area contributed by atoms with Crippen molar-refractivity contribution in [2.45, 2.75) is 43.5 Å². The number of rotatable bonds is 6. The lowest BCUT2D eigenvalue weighted by Crippen LogP contribution is -2.64. The second-order valence-corrected chi connectivity index (χ2v) is 9.40. The number of hydrogen-bond acceptors (Lipinski definition) is 7. The fraction of sp³-hybridized carbons (Fsp3) is 0.360. The highest BCUT2D eigenvalue weighted by Gasteiger charge is 2.55. The average molecular weight is 475 g/mol. The summed E-state index contributed by atoms with van der Waals surface area (Å²) in [6.45, 7) is 1.43. The van der Waals surface area contributed by atoms with E-state index in [2.05, 4.69) is 0 Å². The number of hydrogen-bond donors (Lipinski definition) is 4. The minimum atomic E-state index is -1.75. The Morgan fingerprint density at radius 3 is 2.42 bits per heavy atom. The van der Waals surface area contributed by atoms with E-state index in [4.69, 9.17) is 9.47 Å². The quantitative estimate of drug-likeness (QED) is 0.439. The van der Waals surface area contributed by atoms with E-state index in [1.807, 2.05) is 31.2 Å². The van der Waals surface area contributed by atoms with Gasteiger partial charge in [-0.3, -0.25) is 0 Å². The van der Waals surface area contributed by atoms with Gasteiger partial charge < -0.3 is 29.9 Å². The van der Waals surface area contributed by atoms with E-state index in [-0.39, 0.29) is 5.82 Å². The van der Waals surface area contributed by atoms with E-state index in [0.717, 1.165) is 26.4 Å². The number of aryl methyl sites for hydroxylation is 1. The van der Waals surface area contributed by atoms with Crippen molar-refractivity contribution in [2.24, 2.45) is 0 Å². The SMILES string of the molecule is CO[C@@]1(c2ccc(C)c(Cc3ccc(-c4ccc(F)cc4)s3)c2)O[C@H](CO)[C@@H](O)[C@H](O)[C@H]1O. The van der Waals surface area contributed by atoms with E-state index in [1.165, 1.54) is 19.2 Å². The average Bonchev–Trinajstić information content (AvgIpc) is 3.29. The standard InChI is InChI=1S/C25H27FO6S/c1-14-3-6-17(25(31-2)24(30)23(29)22(28)20(13-27)32-25)11-16(14)12-19-9-10-21(33-19)15-4-7-18(26)8-5-15/h3-11,20,22-24,27-30H,12-13H2,1-2H3/t20-,22-,23+,24-,25+/m1/s1. The van der Waals surface area contributed by atoms with Gasteiger partial charge in [0.05, 0.1) is 6.61 Å². The molecule has 0 spiro atoms. The molecule has 0 unspecified atom stereocenters. The molecule has 33 heavy (non-hydrogen) atoms. The molecular weight excluding hydrogens is 447 g/mol. The van der Waals surface area contributed by atoms with Gasteiger partial charge in [-0.2, -0.15) is 0 Å². The predicted molar refractivity (Wildman–Crippen MR) is 122 cm³/mol. The van der Waals surface area contributed by atoms with E-state index < -0.39 is 36.8 Å². The summed E-state index contributed by atoms with van der Waals surface area (Å²) in [6.07, 6.45) is -5.09. The van der Waals surface area contributed by atoms with Crippen molar-refractivity contribution in [3.8, 4) is 10.4 Å². The summed E-state index contributed by atoms with van der Waals surface area (Å²) in [7, 11) is 1.34. The molecule has 0 saturated carbocycles. The molecule has 1 saturated heterocycles. The van der Waals surface area contributed by atoms with Crippen LogP contribution in [0.3, 0.4) is 0 Å². The van der Waals surface area contributed by atoms with Gasteiger partial charge in [-0.05, 0) is 53.9 Å². The molecule has 1 aromatic heterocycles. The van der Waals surface area contributed by atoms with Crippen LogP contribution in [0.25, 0.3) is 10.4 Å². The topological polar surface area (TPSA) is 99.4 Å². The zero-order valence-electron chi connectivity index (χ0n) is 18.3. The van der Waals surface area contributed by atoms with Crippen molar-refractivity contribution in [1.29, 1.82) is 0 Å². The molecule has 0 bridgehead atoms. The van der Waals surface area contributed by atoms with Gasteiger partial charge in [0, 0.05) is 28.8 Å². The van der Waals surface area contributed by atoms with Crippen molar-refractivity contribution < 1.29 is 34.3 Å². The maximum Gasteiger partial charge on any atom is 0.224 e. The molecule has 176 valence electrons. The summed E-state index contributed by atoms with van der Waals surface area (Å²) in [4.78, 5) is 2.12. The molecule has 1 aliphatic heterocycles. The van der Waals surface area contributed by atoms with Crippen molar-refractivity contribution in [3.63, 3.8) is 0 Å². The first-order valence-corrected chi connectivity index (χ1v) is 11.4. The summed E-state index contributed by atoms with van der Waals surface area (Å²) >= 11 is 1.61. The molecule has 0 radical (unpaired) electrons. The van der Waals surface area contributed by atoms with Gasteiger partial charge in [0.1, 0.15) is 30.2 Å². The van der Waals surface area contributed by atoms with Gasteiger partial charge in [-0.15, -0.1) is 11.3 Å². The van der Waals surface area contributed by atoms with Gasteiger partial charge in [0.2, 0.25) is 5.79 Å². The maximum atomic E-state index is 13.2. The van der Waals surface area contributed by atoms with Crippen LogP contribution in [0.1, 0.15) is 21.6 Å². The Labute approximate surface area is 195 Å². The van der Waals surface area contributed by atoms with Gasteiger partial charge in [0.25, 0.3) is 0 Å². The number of halogens is 1. The predicted octanol–water partition coefficient (Wildman–Crippen LogP) is 2.73. The molecular formula is C25H27FO6S. The monoisotopic (exact) mass is 474 g/mol. The minimum absolute atomic E-state index is 0.275. The Morgan fingerprint density at radius 2 is 1.76 bits per heavy atom. The van der Waals surface area contributed by atoms with Crippen LogP contribution in [0.15, 0.2) is 54.6 Å². The lowest BCUT2D eigenvalue weighted by atomic mass is 9.86. The first-order valence-electron chi connectivity index (χ1n) is 10.6. The number of benzene rings is 2. The van der Waals surface area contributed by atoms with Crippen LogP contribution >= 0.6 is 11.3 Å². The number of aliphatic hydroxyl groups excluding tert-OH is 4. The van der Waals surface area contributed by atoms with Crippen LogP contribution in [0.5, 0.6) is 0 Å². The Morgan fingerprint density at radius 1 is 1.03 bits per heavy atom. The Hall–Kier alpha value is -2.17. The van der Waals surface area contributed by atoms with Gasteiger partial charge in [-0.25, -0.2) is 4.39 Å². The van der Waals surface area contributed by atoms with E-state index in [1.54, 1.807) is 29.5 Å². The highest BCUT2D eigenvalue weighted by Crippen LogP contribution is 2.40. The van der Waals surface area contributed by atoms with Crippen LogP contribution in [-0.4, -0.2) is 58.6 Å². The van der Waals surface area contributed by atoms with Crippen molar-refractivity contribution in [3.05, 3.63) is 82.0 Å². The Bertz CT molecular complexity index is 1100. The zero-order chi connectivity index (χ0) is 23.8. The minimum Gasteiger partial charge on any atom is -0.394 e. The van der Waals surface area contributed by atoms with E-state index in [0.29, 0.717) is 12.0 Å². The molecule has 6 nitrogen and oxygen atoms in total. The third kappa shape index (κ3) is 4.48. The lowest BCUT2D eigenvalue weighted by Gasteiger charge is -2.47. The summed E-state index contributed by atoms with van der Waals surface area (Å²) in [5.74, 6) is -2.02. The summed E-state index contributed by atoms with van der Waals surface area (Å²) in [5, 5.41) is 40.8. The van der Waals surface area contributed by atoms with E-state index in [9.17, 15) is 24.8 Å². The molecule has 1 fully saturated rings. The summed E-state index contributed by atoms with van der Waals surface area (Å²) in [5.41, 5.74) is 3.40. The number of thiophene rings is 1. The molecule has 3 aromatic rings. The molecule has 2 aromatic carbocycles. The highest BCUT2D eigenvalue weighted by molar-refractivity contribution is 7.15. The van der Waals surface area contributed by atoms with Crippen molar-refractivity contribution in [2.75, 3.05) is 13.7 Å². The van der Waals surface area contributed by atoms with Crippen LogP contribution in [0.4, 0.5) is 4.39 Å². The third-order valence-corrected chi connectivity index (χ3v) is 7.29. The fourth-order valence-electron chi connectivity index (χ4n) is 4.18. The van der Waals surface area contributed by atoms with Crippen molar-refractivity contribution >= 4 is 11.3 Å². The second kappa shape index (κ2) is 9.60. The first-order chi connectivity index (χ1) is 15.8. The van der Waals surface area contributed by atoms with Crippen molar-refractivity contribution in [1.82, 2.24) is 0 Å². The number of aliphatic hydroxyl groups is 4. The van der Waals surface area contributed by atoms with Crippen LogP contribution < -0.4 is 0 Å².